The van der Waals surface area contributed by atoms with Gasteiger partial charge in [0.15, 0.2) is 5.82 Å². The third kappa shape index (κ3) is 6.03. The van der Waals surface area contributed by atoms with Crippen LogP contribution in [-0.4, -0.2) is 40.2 Å². The summed E-state index contributed by atoms with van der Waals surface area (Å²) >= 11 is 0. The van der Waals surface area contributed by atoms with Crippen molar-refractivity contribution in [1.29, 1.82) is 0 Å². The quantitative estimate of drug-likeness (QED) is 0.642. The minimum Gasteiger partial charge on any atom is -0.466 e. The molecule has 0 unspecified atom stereocenters. The highest BCUT2D eigenvalue weighted by Gasteiger charge is 2.30. The zero-order valence-corrected chi connectivity index (χ0v) is 16.2. The van der Waals surface area contributed by atoms with E-state index in [0.29, 0.717) is 36.9 Å². The maximum Gasteiger partial charge on any atom is 0.416 e. The van der Waals surface area contributed by atoms with Crippen molar-refractivity contribution in [2.24, 2.45) is 0 Å². The number of aromatic nitrogens is 2. The normalized spacial score (nSPS) is 18.0. The van der Waals surface area contributed by atoms with Crippen LogP contribution in [0.2, 0.25) is 0 Å². The molecule has 2 aromatic rings. The summed E-state index contributed by atoms with van der Waals surface area (Å²) in [5, 5.41) is 3.90. The second-order valence-corrected chi connectivity index (χ2v) is 7.11. The molecule has 29 heavy (non-hydrogen) atoms. The Labute approximate surface area is 167 Å². The minimum atomic E-state index is -4.39. The lowest BCUT2D eigenvalue weighted by atomic mass is 9.99. The maximum absolute atomic E-state index is 12.9. The number of piperidine rings is 1. The molecule has 0 radical (unpaired) electrons. The number of carbonyl (C=O) groups excluding carboxylic acids is 1. The lowest BCUT2D eigenvalue weighted by Crippen LogP contribution is -2.40. The monoisotopic (exact) mass is 411 g/mol. The average molecular weight is 411 g/mol. The number of hydrogen-bond donors (Lipinski definition) is 0. The topological polar surface area (TPSA) is 68.5 Å². The Bertz CT molecular complexity index is 823. The van der Waals surface area contributed by atoms with Gasteiger partial charge in [-0.3, -0.25) is 9.69 Å². The smallest absolute Gasteiger partial charge is 0.416 e. The highest BCUT2D eigenvalue weighted by Crippen LogP contribution is 2.30. The number of nitrogens with zero attached hydrogens (tertiary/aromatic N) is 3. The van der Waals surface area contributed by atoms with Gasteiger partial charge < -0.3 is 9.26 Å². The van der Waals surface area contributed by atoms with E-state index in [1.165, 1.54) is 6.07 Å². The molecular weight excluding hydrogens is 387 g/mol. The Morgan fingerprint density at radius 3 is 2.93 bits per heavy atom. The molecule has 1 saturated heterocycles. The van der Waals surface area contributed by atoms with E-state index in [1.54, 1.807) is 13.0 Å². The van der Waals surface area contributed by atoms with Gasteiger partial charge >= 0.3 is 12.1 Å². The van der Waals surface area contributed by atoms with Crippen molar-refractivity contribution in [1.82, 2.24) is 15.0 Å². The predicted molar refractivity (Wildman–Crippen MR) is 97.8 cm³/mol. The highest BCUT2D eigenvalue weighted by atomic mass is 19.4. The summed E-state index contributed by atoms with van der Waals surface area (Å²) in [6.07, 6.45) is -0.959. The summed E-state index contributed by atoms with van der Waals surface area (Å²) in [6.45, 7) is 3.35. The second-order valence-electron chi connectivity index (χ2n) is 7.11. The minimum absolute atomic E-state index is 0.0571. The van der Waals surface area contributed by atoms with Crippen molar-refractivity contribution in [3.8, 4) is 0 Å². The van der Waals surface area contributed by atoms with E-state index in [9.17, 15) is 18.0 Å². The fourth-order valence-electron chi connectivity index (χ4n) is 3.55. The summed E-state index contributed by atoms with van der Waals surface area (Å²) in [6, 6.07) is 5.15. The van der Waals surface area contributed by atoms with Crippen LogP contribution in [0, 0.1) is 0 Å². The first kappa shape index (κ1) is 21.3. The van der Waals surface area contributed by atoms with E-state index in [2.05, 4.69) is 15.0 Å². The molecule has 1 atom stereocenters. The molecule has 0 N–H and O–H groups in total. The van der Waals surface area contributed by atoms with Crippen LogP contribution < -0.4 is 0 Å². The molecule has 6 nitrogen and oxygen atoms in total. The van der Waals surface area contributed by atoms with Gasteiger partial charge in [0.25, 0.3) is 0 Å². The van der Waals surface area contributed by atoms with Gasteiger partial charge in [0.05, 0.1) is 25.1 Å². The average Bonchev–Trinajstić information content (AvgIpc) is 3.10. The van der Waals surface area contributed by atoms with Gasteiger partial charge in [-0.15, -0.1) is 0 Å². The van der Waals surface area contributed by atoms with E-state index in [-0.39, 0.29) is 18.4 Å². The van der Waals surface area contributed by atoms with Crippen LogP contribution in [0.15, 0.2) is 28.8 Å². The van der Waals surface area contributed by atoms with Crippen LogP contribution in [0.1, 0.15) is 55.4 Å². The van der Waals surface area contributed by atoms with Crippen LogP contribution in [0.4, 0.5) is 13.2 Å². The first-order valence-electron chi connectivity index (χ1n) is 9.72. The zero-order chi connectivity index (χ0) is 20.9. The summed E-state index contributed by atoms with van der Waals surface area (Å²) < 4.78 is 48.9. The van der Waals surface area contributed by atoms with Gasteiger partial charge in [-0.25, -0.2) is 0 Å². The zero-order valence-electron chi connectivity index (χ0n) is 16.2. The SMILES string of the molecule is CCOC(=O)C[C@@H]1CCCCN1Cc1nc(Cc2cccc(C(F)(F)F)c2)no1. The molecule has 1 aliphatic heterocycles. The molecule has 0 saturated carbocycles. The number of alkyl halides is 3. The maximum atomic E-state index is 12.9. The fraction of sp³-hybridized carbons (Fsp3) is 0.550. The van der Waals surface area contributed by atoms with Crippen LogP contribution in [0.3, 0.4) is 0 Å². The Kier molecular flexibility index (Phi) is 6.89. The molecule has 2 heterocycles. The predicted octanol–water partition coefficient (Wildman–Crippen LogP) is 3.99. The van der Waals surface area contributed by atoms with Crippen LogP contribution >= 0.6 is 0 Å². The summed E-state index contributed by atoms with van der Waals surface area (Å²) in [4.78, 5) is 18.3. The third-order valence-corrected chi connectivity index (χ3v) is 4.92. The summed E-state index contributed by atoms with van der Waals surface area (Å²) in [5.41, 5.74) is -0.237. The molecule has 1 aliphatic rings. The van der Waals surface area contributed by atoms with Crippen molar-refractivity contribution < 1.29 is 27.2 Å². The Morgan fingerprint density at radius 1 is 1.34 bits per heavy atom. The first-order chi connectivity index (χ1) is 13.8. The summed E-state index contributed by atoms with van der Waals surface area (Å²) in [5.74, 6) is 0.501. The number of hydrogen-bond acceptors (Lipinski definition) is 6. The summed E-state index contributed by atoms with van der Waals surface area (Å²) in [7, 11) is 0. The molecule has 158 valence electrons. The largest absolute Gasteiger partial charge is 0.466 e. The number of halogens is 3. The number of benzene rings is 1. The van der Waals surface area contributed by atoms with Crippen LogP contribution in [0.25, 0.3) is 0 Å². The molecule has 9 heteroatoms. The van der Waals surface area contributed by atoms with E-state index in [4.69, 9.17) is 9.26 Å². The Balaban J connectivity index is 1.63. The molecule has 0 amide bonds. The number of esters is 1. The van der Waals surface area contributed by atoms with Gasteiger partial charge in [-0.1, -0.05) is 29.8 Å². The molecule has 3 rings (SSSR count). The highest BCUT2D eigenvalue weighted by molar-refractivity contribution is 5.70. The van der Waals surface area contributed by atoms with Crippen molar-refractivity contribution in [3.63, 3.8) is 0 Å². The lowest BCUT2D eigenvalue weighted by molar-refractivity contribution is -0.145. The first-order valence-corrected chi connectivity index (χ1v) is 9.72. The van der Waals surface area contributed by atoms with Gasteiger partial charge in [-0.05, 0) is 37.9 Å². The van der Waals surface area contributed by atoms with Crippen molar-refractivity contribution in [2.75, 3.05) is 13.2 Å². The molecule has 1 fully saturated rings. The van der Waals surface area contributed by atoms with Gasteiger partial charge in [0, 0.05) is 12.5 Å². The lowest BCUT2D eigenvalue weighted by Gasteiger charge is -2.34. The van der Waals surface area contributed by atoms with Crippen molar-refractivity contribution >= 4 is 5.97 Å². The van der Waals surface area contributed by atoms with E-state index < -0.39 is 11.7 Å². The fourth-order valence-corrected chi connectivity index (χ4v) is 3.55. The van der Waals surface area contributed by atoms with Gasteiger partial charge in [0.2, 0.25) is 5.89 Å². The third-order valence-electron chi connectivity index (χ3n) is 4.92. The number of carbonyl (C=O) groups is 1. The van der Waals surface area contributed by atoms with E-state index in [0.717, 1.165) is 37.9 Å². The van der Waals surface area contributed by atoms with Crippen molar-refractivity contribution in [2.45, 2.75) is 57.8 Å². The number of likely N-dealkylation sites (tertiary alicyclic amines) is 1. The van der Waals surface area contributed by atoms with Gasteiger partial charge in [-0.2, -0.15) is 18.2 Å². The van der Waals surface area contributed by atoms with Crippen molar-refractivity contribution in [3.05, 3.63) is 47.1 Å². The standard InChI is InChI=1S/C20H24F3N3O3/c1-2-28-19(27)12-16-8-3-4-9-26(16)13-18-24-17(25-29-18)11-14-6-5-7-15(10-14)20(21,22)23/h5-7,10,16H,2-4,8-9,11-13H2,1H3/t16-/m0/s1. The Hall–Kier alpha value is -2.42. The number of rotatable bonds is 7. The van der Waals surface area contributed by atoms with E-state index in [1.807, 2.05) is 0 Å². The second kappa shape index (κ2) is 9.39. The number of ether oxygens (including phenoxy) is 1. The molecule has 0 aliphatic carbocycles. The van der Waals surface area contributed by atoms with Gasteiger partial charge in [0.1, 0.15) is 0 Å². The van der Waals surface area contributed by atoms with Crippen LogP contribution in [-0.2, 0) is 28.7 Å². The molecule has 1 aromatic heterocycles. The molecule has 0 bridgehead atoms. The molecular formula is C20H24F3N3O3. The Morgan fingerprint density at radius 2 is 2.17 bits per heavy atom. The van der Waals surface area contributed by atoms with Crippen LogP contribution in [0.5, 0.6) is 0 Å². The molecule has 0 spiro atoms. The molecule has 1 aromatic carbocycles. The van der Waals surface area contributed by atoms with E-state index >= 15 is 0 Å².